The Balaban J connectivity index is 1.78. The van der Waals surface area contributed by atoms with Crippen LogP contribution in [0.3, 0.4) is 0 Å². The van der Waals surface area contributed by atoms with Crippen LogP contribution >= 0.6 is 0 Å². The molecule has 1 aliphatic heterocycles. The number of carbonyl (C=O) groups is 1. The van der Waals surface area contributed by atoms with E-state index in [0.717, 1.165) is 27.5 Å². The molecule has 8 heteroatoms. The van der Waals surface area contributed by atoms with Gasteiger partial charge in [0.1, 0.15) is 22.9 Å². The van der Waals surface area contributed by atoms with Crippen LogP contribution in [0.5, 0.6) is 11.5 Å². The van der Waals surface area contributed by atoms with E-state index in [1.807, 2.05) is 38.1 Å². The lowest BCUT2D eigenvalue weighted by Crippen LogP contribution is -2.45. The largest absolute Gasteiger partial charge is 0.497 e. The Morgan fingerprint density at radius 2 is 1.74 bits per heavy atom. The number of ether oxygens (including phenoxy) is 2. The number of benzene rings is 3. The lowest BCUT2D eigenvalue weighted by molar-refractivity contribution is -0.117. The standard InChI is InChI=1S/C26H28N2O5S/c1-18-9-14-24(33-4)25(15-18)34(30,31)27(21-10-12-22(32-3)13-11-21)17-26(29)28-19(2)16-20-7-5-6-8-23(20)28/h5-15,19H,16-17H2,1-4H3/t19-/m1/s1. The summed E-state index contributed by atoms with van der Waals surface area (Å²) in [6, 6.07) is 19.2. The molecule has 0 aliphatic carbocycles. The van der Waals surface area contributed by atoms with Gasteiger partial charge >= 0.3 is 0 Å². The van der Waals surface area contributed by atoms with Gasteiger partial charge in [0.15, 0.2) is 0 Å². The van der Waals surface area contributed by atoms with E-state index in [-0.39, 0.29) is 29.1 Å². The van der Waals surface area contributed by atoms with Crippen LogP contribution in [0.1, 0.15) is 18.1 Å². The fraction of sp³-hybridized carbons (Fsp3) is 0.269. The molecule has 4 rings (SSSR count). The lowest BCUT2D eigenvalue weighted by Gasteiger charge is -2.29. The number of amides is 1. The average Bonchev–Trinajstić information content (AvgIpc) is 3.18. The highest BCUT2D eigenvalue weighted by atomic mass is 32.2. The Bertz CT molecular complexity index is 1310. The first-order chi connectivity index (χ1) is 16.3. The highest BCUT2D eigenvalue weighted by Crippen LogP contribution is 2.34. The number of fused-ring (bicyclic) bond motifs is 1. The molecule has 0 saturated heterocycles. The third-order valence-corrected chi connectivity index (χ3v) is 7.80. The molecular weight excluding hydrogens is 452 g/mol. The van der Waals surface area contributed by atoms with Gasteiger partial charge in [-0.25, -0.2) is 8.42 Å². The van der Waals surface area contributed by atoms with Crippen molar-refractivity contribution < 1.29 is 22.7 Å². The monoisotopic (exact) mass is 480 g/mol. The third-order valence-electron chi connectivity index (χ3n) is 6.00. The summed E-state index contributed by atoms with van der Waals surface area (Å²) in [7, 11) is -1.17. The van der Waals surface area contributed by atoms with Crippen LogP contribution in [0.4, 0.5) is 11.4 Å². The number of hydrogen-bond donors (Lipinski definition) is 0. The molecule has 1 aliphatic rings. The number of sulfonamides is 1. The minimum atomic E-state index is -4.14. The molecule has 34 heavy (non-hydrogen) atoms. The van der Waals surface area contributed by atoms with Crippen molar-refractivity contribution in [3.05, 3.63) is 77.9 Å². The summed E-state index contributed by atoms with van der Waals surface area (Å²) in [6.45, 7) is 3.42. The molecule has 0 N–H and O–H groups in total. The second kappa shape index (κ2) is 9.38. The second-order valence-corrected chi connectivity index (χ2v) is 10.1. The number of para-hydroxylation sites is 1. The van der Waals surface area contributed by atoms with Crippen molar-refractivity contribution in [3.8, 4) is 11.5 Å². The van der Waals surface area contributed by atoms with Gasteiger partial charge < -0.3 is 14.4 Å². The van der Waals surface area contributed by atoms with Crippen molar-refractivity contribution in [1.29, 1.82) is 0 Å². The van der Waals surface area contributed by atoms with Crippen molar-refractivity contribution in [2.24, 2.45) is 0 Å². The van der Waals surface area contributed by atoms with E-state index in [4.69, 9.17) is 9.47 Å². The first-order valence-electron chi connectivity index (χ1n) is 11.0. The third kappa shape index (κ3) is 4.33. The molecule has 3 aromatic rings. The number of rotatable bonds is 7. The SMILES string of the molecule is COc1ccc(N(CC(=O)N2c3ccccc3C[C@H]2C)S(=O)(=O)c2cc(C)ccc2OC)cc1. The van der Waals surface area contributed by atoms with Gasteiger partial charge in [0, 0.05) is 11.7 Å². The Morgan fingerprint density at radius 1 is 1.03 bits per heavy atom. The number of aryl methyl sites for hydroxylation is 1. The summed E-state index contributed by atoms with van der Waals surface area (Å²) in [5.41, 5.74) is 3.02. The normalized spacial score (nSPS) is 15.1. The van der Waals surface area contributed by atoms with Crippen LogP contribution in [0, 0.1) is 6.92 Å². The van der Waals surface area contributed by atoms with E-state index in [9.17, 15) is 13.2 Å². The molecule has 1 atom stereocenters. The zero-order valence-electron chi connectivity index (χ0n) is 19.7. The first-order valence-corrected chi connectivity index (χ1v) is 12.4. The number of carbonyl (C=O) groups excluding carboxylic acids is 1. The lowest BCUT2D eigenvalue weighted by atomic mass is 10.1. The molecule has 3 aromatic carbocycles. The van der Waals surface area contributed by atoms with Crippen LogP contribution in [-0.2, 0) is 21.2 Å². The van der Waals surface area contributed by atoms with Crippen molar-refractivity contribution >= 4 is 27.3 Å². The number of anilines is 2. The van der Waals surface area contributed by atoms with Crippen molar-refractivity contribution in [1.82, 2.24) is 0 Å². The molecular formula is C26H28N2O5S. The topological polar surface area (TPSA) is 76.2 Å². The van der Waals surface area contributed by atoms with Crippen LogP contribution in [0.25, 0.3) is 0 Å². The highest BCUT2D eigenvalue weighted by Gasteiger charge is 2.35. The summed E-state index contributed by atoms with van der Waals surface area (Å²) in [5.74, 6) is 0.502. The smallest absolute Gasteiger partial charge is 0.268 e. The van der Waals surface area contributed by atoms with Crippen LogP contribution in [0.2, 0.25) is 0 Å². The quantitative estimate of drug-likeness (QED) is 0.507. The summed E-state index contributed by atoms with van der Waals surface area (Å²) in [6.07, 6.45) is 0.725. The Labute approximate surface area is 200 Å². The Morgan fingerprint density at radius 3 is 2.41 bits per heavy atom. The fourth-order valence-electron chi connectivity index (χ4n) is 4.31. The molecule has 1 amide bonds. The van der Waals surface area contributed by atoms with Gasteiger partial charge in [-0.05, 0) is 73.9 Å². The van der Waals surface area contributed by atoms with E-state index >= 15 is 0 Å². The van der Waals surface area contributed by atoms with Gasteiger partial charge in [0.2, 0.25) is 5.91 Å². The zero-order valence-corrected chi connectivity index (χ0v) is 20.5. The van der Waals surface area contributed by atoms with Gasteiger partial charge in [-0.1, -0.05) is 24.3 Å². The van der Waals surface area contributed by atoms with E-state index in [2.05, 4.69) is 0 Å². The minimum absolute atomic E-state index is 0.00786. The highest BCUT2D eigenvalue weighted by molar-refractivity contribution is 7.93. The van der Waals surface area contributed by atoms with Gasteiger partial charge in [-0.2, -0.15) is 0 Å². The number of hydrogen-bond acceptors (Lipinski definition) is 5. The van der Waals surface area contributed by atoms with E-state index in [0.29, 0.717) is 11.4 Å². The molecule has 0 radical (unpaired) electrons. The fourth-order valence-corrected chi connectivity index (χ4v) is 5.97. The van der Waals surface area contributed by atoms with Gasteiger partial charge in [0.25, 0.3) is 10.0 Å². The van der Waals surface area contributed by atoms with Crippen molar-refractivity contribution in [3.63, 3.8) is 0 Å². The number of nitrogens with zero attached hydrogens (tertiary/aromatic N) is 2. The predicted octanol–water partition coefficient (Wildman–Crippen LogP) is 4.19. The van der Waals surface area contributed by atoms with Crippen LogP contribution < -0.4 is 18.7 Å². The molecule has 7 nitrogen and oxygen atoms in total. The van der Waals surface area contributed by atoms with Crippen LogP contribution in [0.15, 0.2) is 71.6 Å². The molecule has 0 fully saturated rings. The second-order valence-electron chi connectivity index (χ2n) is 8.31. The predicted molar refractivity (Wildman–Crippen MR) is 132 cm³/mol. The maximum absolute atomic E-state index is 13.9. The summed E-state index contributed by atoms with van der Waals surface area (Å²) in [4.78, 5) is 15.3. The van der Waals surface area contributed by atoms with Gasteiger partial charge in [0.05, 0.1) is 19.9 Å². The van der Waals surface area contributed by atoms with Gasteiger partial charge in [-0.15, -0.1) is 0 Å². The van der Waals surface area contributed by atoms with Crippen molar-refractivity contribution in [2.45, 2.75) is 31.2 Å². The summed E-state index contributed by atoms with van der Waals surface area (Å²) in [5, 5.41) is 0. The Kier molecular flexibility index (Phi) is 6.52. The summed E-state index contributed by atoms with van der Waals surface area (Å²) >= 11 is 0. The zero-order chi connectivity index (χ0) is 24.5. The maximum atomic E-state index is 13.9. The average molecular weight is 481 g/mol. The minimum Gasteiger partial charge on any atom is -0.497 e. The molecule has 0 aromatic heterocycles. The van der Waals surface area contributed by atoms with Gasteiger partial charge in [-0.3, -0.25) is 9.10 Å². The molecule has 178 valence electrons. The first kappa shape index (κ1) is 23.6. The Hall–Kier alpha value is -3.52. The molecule has 1 heterocycles. The molecule has 0 saturated carbocycles. The van der Waals surface area contributed by atoms with E-state index in [1.54, 1.807) is 47.4 Å². The van der Waals surface area contributed by atoms with E-state index in [1.165, 1.54) is 14.2 Å². The van der Waals surface area contributed by atoms with E-state index < -0.39 is 10.0 Å². The van der Waals surface area contributed by atoms with Crippen molar-refractivity contribution in [2.75, 3.05) is 30.0 Å². The van der Waals surface area contributed by atoms with Crippen LogP contribution in [-0.4, -0.2) is 41.1 Å². The molecule has 0 bridgehead atoms. The molecule has 0 unspecified atom stereocenters. The summed E-state index contributed by atoms with van der Waals surface area (Å²) < 4.78 is 39.6. The maximum Gasteiger partial charge on any atom is 0.268 e. The molecule has 0 spiro atoms. The number of methoxy groups -OCH3 is 2.